The number of amides is 1. The summed E-state index contributed by atoms with van der Waals surface area (Å²) in [6.07, 6.45) is 1.23. The van der Waals surface area contributed by atoms with Gasteiger partial charge < -0.3 is 4.90 Å². The Morgan fingerprint density at radius 1 is 1.18 bits per heavy atom. The fraction of sp³-hybridized carbons (Fsp3) is 0.500. The van der Waals surface area contributed by atoms with Crippen molar-refractivity contribution in [1.29, 1.82) is 0 Å². The van der Waals surface area contributed by atoms with Gasteiger partial charge in [0.15, 0.2) is 0 Å². The monoisotopic (exact) mass is 364 g/mol. The summed E-state index contributed by atoms with van der Waals surface area (Å²) in [7, 11) is -1.87. The van der Waals surface area contributed by atoms with Crippen LogP contribution < -0.4 is 0 Å². The van der Waals surface area contributed by atoms with Gasteiger partial charge in [-0.1, -0.05) is 23.2 Å². The number of halogens is 2. The van der Waals surface area contributed by atoms with Gasteiger partial charge in [0.1, 0.15) is 0 Å². The highest BCUT2D eigenvalue weighted by Crippen LogP contribution is 2.27. The third-order valence-electron chi connectivity index (χ3n) is 3.94. The summed E-state index contributed by atoms with van der Waals surface area (Å²) in [5.74, 6) is -0.0112. The van der Waals surface area contributed by atoms with E-state index in [2.05, 4.69) is 0 Å². The number of hydrogen-bond acceptors (Lipinski definition) is 3. The van der Waals surface area contributed by atoms with Crippen LogP contribution >= 0.6 is 23.2 Å². The number of piperidine rings is 1. The molecule has 1 aliphatic heterocycles. The summed E-state index contributed by atoms with van der Waals surface area (Å²) in [6.45, 7) is 2.25. The lowest BCUT2D eigenvalue weighted by atomic mass is 10.1. The predicted molar refractivity (Wildman–Crippen MR) is 86.7 cm³/mol. The maximum Gasteiger partial charge on any atom is 0.243 e. The van der Waals surface area contributed by atoms with Crippen LogP contribution in [-0.2, 0) is 14.8 Å². The summed E-state index contributed by atoms with van der Waals surface area (Å²) in [6, 6.07) is 4.37. The van der Waals surface area contributed by atoms with E-state index in [0.29, 0.717) is 25.9 Å². The average molecular weight is 365 g/mol. The summed E-state index contributed by atoms with van der Waals surface area (Å²) >= 11 is 11.8. The molecule has 0 aliphatic carbocycles. The maximum absolute atomic E-state index is 12.6. The number of carbonyl (C=O) groups excluding carboxylic acids is 1. The van der Waals surface area contributed by atoms with E-state index in [4.69, 9.17) is 23.2 Å². The van der Waals surface area contributed by atoms with E-state index in [0.717, 1.165) is 0 Å². The molecule has 8 heteroatoms. The van der Waals surface area contributed by atoms with Crippen LogP contribution in [0.4, 0.5) is 0 Å². The molecule has 1 aromatic carbocycles. The second-order valence-corrected chi connectivity index (χ2v) is 8.18. The highest BCUT2D eigenvalue weighted by atomic mass is 35.5. The van der Waals surface area contributed by atoms with Gasteiger partial charge in [0.05, 0.1) is 4.90 Å². The first-order chi connectivity index (χ1) is 10.2. The summed E-state index contributed by atoms with van der Waals surface area (Å²) < 4.78 is 26.7. The third-order valence-corrected chi connectivity index (χ3v) is 6.25. The molecule has 0 unspecified atom stereocenters. The van der Waals surface area contributed by atoms with Crippen molar-refractivity contribution in [3.05, 3.63) is 28.2 Å². The van der Waals surface area contributed by atoms with Crippen LogP contribution in [0, 0.1) is 0 Å². The molecular weight excluding hydrogens is 347 g/mol. The Morgan fingerprint density at radius 2 is 1.68 bits per heavy atom. The van der Waals surface area contributed by atoms with E-state index in [1.54, 1.807) is 11.9 Å². The first kappa shape index (κ1) is 17.5. The van der Waals surface area contributed by atoms with Crippen molar-refractivity contribution in [3.8, 4) is 0 Å². The molecule has 0 radical (unpaired) electrons. The van der Waals surface area contributed by atoms with Gasteiger partial charge in [-0.2, -0.15) is 4.31 Å². The van der Waals surface area contributed by atoms with Crippen molar-refractivity contribution < 1.29 is 13.2 Å². The number of carbonyl (C=O) groups is 1. The van der Waals surface area contributed by atoms with Crippen molar-refractivity contribution in [2.45, 2.75) is 30.7 Å². The lowest BCUT2D eigenvalue weighted by molar-refractivity contribution is -0.130. The van der Waals surface area contributed by atoms with Crippen LogP contribution in [0.25, 0.3) is 0 Å². The maximum atomic E-state index is 12.6. The van der Waals surface area contributed by atoms with Crippen molar-refractivity contribution in [2.75, 3.05) is 20.1 Å². The van der Waals surface area contributed by atoms with Gasteiger partial charge in [-0.3, -0.25) is 4.79 Å². The zero-order valence-electron chi connectivity index (χ0n) is 12.4. The number of nitrogens with zero attached hydrogens (tertiary/aromatic N) is 2. The van der Waals surface area contributed by atoms with Crippen LogP contribution in [-0.4, -0.2) is 49.7 Å². The highest BCUT2D eigenvalue weighted by molar-refractivity contribution is 7.89. The number of hydrogen-bond donors (Lipinski definition) is 0. The lowest BCUT2D eigenvalue weighted by Gasteiger charge is -2.35. The molecule has 5 nitrogen and oxygen atoms in total. The van der Waals surface area contributed by atoms with Crippen molar-refractivity contribution in [3.63, 3.8) is 0 Å². The summed E-state index contributed by atoms with van der Waals surface area (Å²) in [4.78, 5) is 13.1. The van der Waals surface area contributed by atoms with Crippen molar-refractivity contribution in [1.82, 2.24) is 9.21 Å². The Balaban J connectivity index is 2.14. The molecule has 0 bridgehead atoms. The van der Waals surface area contributed by atoms with Gasteiger partial charge in [-0.25, -0.2) is 8.42 Å². The zero-order chi connectivity index (χ0) is 16.5. The fourth-order valence-electron chi connectivity index (χ4n) is 2.55. The van der Waals surface area contributed by atoms with E-state index in [-0.39, 0.29) is 26.9 Å². The minimum atomic E-state index is -3.62. The van der Waals surface area contributed by atoms with Crippen LogP contribution in [0.1, 0.15) is 19.8 Å². The molecular formula is C14H18Cl2N2O3S. The minimum absolute atomic E-state index is 0.0112. The molecule has 1 aliphatic rings. The molecule has 122 valence electrons. The topological polar surface area (TPSA) is 57.7 Å². The number of rotatable bonds is 3. The third kappa shape index (κ3) is 3.74. The van der Waals surface area contributed by atoms with Crippen LogP contribution in [0.2, 0.25) is 10.0 Å². The lowest BCUT2D eigenvalue weighted by Crippen LogP contribution is -2.46. The van der Waals surface area contributed by atoms with Gasteiger partial charge in [0.2, 0.25) is 15.9 Å². The predicted octanol–water partition coefficient (Wildman–Crippen LogP) is 2.62. The Kier molecular flexibility index (Phi) is 5.37. The molecule has 22 heavy (non-hydrogen) atoms. The summed E-state index contributed by atoms with van der Waals surface area (Å²) in [5, 5.41) is 0.578. The Hall–Kier alpha value is -0.820. The van der Waals surface area contributed by atoms with Gasteiger partial charge in [0.25, 0.3) is 0 Å². The molecule has 0 atom stereocenters. The molecule has 2 rings (SSSR count). The smallest absolute Gasteiger partial charge is 0.243 e. The molecule has 1 saturated heterocycles. The number of sulfonamides is 1. The Bertz CT molecular complexity index is 650. The van der Waals surface area contributed by atoms with Crippen LogP contribution in [0.15, 0.2) is 23.1 Å². The van der Waals surface area contributed by atoms with Gasteiger partial charge in [-0.15, -0.1) is 0 Å². The molecule has 1 aromatic rings. The molecule has 1 amide bonds. The first-order valence-electron chi connectivity index (χ1n) is 6.91. The average Bonchev–Trinajstić information content (AvgIpc) is 2.45. The summed E-state index contributed by atoms with van der Waals surface area (Å²) in [5.41, 5.74) is 0. The van der Waals surface area contributed by atoms with Crippen LogP contribution in [0.5, 0.6) is 0 Å². The SMILES string of the molecule is CC(=O)N(C)C1CCN(S(=O)(=O)c2cc(Cl)cc(Cl)c2)CC1. The van der Waals surface area contributed by atoms with E-state index in [9.17, 15) is 13.2 Å². The molecule has 1 fully saturated rings. The standard InChI is InChI=1S/C14H18Cl2N2O3S/c1-10(19)17(2)13-3-5-18(6-4-13)22(20,21)14-8-11(15)7-12(16)9-14/h7-9,13H,3-6H2,1-2H3. The molecule has 0 saturated carbocycles. The Morgan fingerprint density at radius 3 is 2.14 bits per heavy atom. The van der Waals surface area contributed by atoms with E-state index in [1.807, 2.05) is 0 Å². The number of benzene rings is 1. The fourth-order valence-corrected chi connectivity index (χ4v) is 4.75. The van der Waals surface area contributed by atoms with E-state index in [1.165, 1.54) is 29.4 Å². The second kappa shape index (κ2) is 6.74. The molecule has 0 spiro atoms. The Labute approximate surface area is 140 Å². The van der Waals surface area contributed by atoms with E-state index < -0.39 is 10.0 Å². The molecule has 0 N–H and O–H groups in total. The zero-order valence-corrected chi connectivity index (χ0v) is 14.7. The molecule has 1 heterocycles. The van der Waals surface area contributed by atoms with Crippen LogP contribution in [0.3, 0.4) is 0 Å². The minimum Gasteiger partial charge on any atom is -0.343 e. The largest absolute Gasteiger partial charge is 0.343 e. The quantitative estimate of drug-likeness (QED) is 0.828. The normalized spacial score (nSPS) is 17.5. The van der Waals surface area contributed by atoms with Gasteiger partial charge in [-0.05, 0) is 31.0 Å². The second-order valence-electron chi connectivity index (χ2n) is 5.37. The molecule has 0 aromatic heterocycles. The van der Waals surface area contributed by atoms with Gasteiger partial charge >= 0.3 is 0 Å². The van der Waals surface area contributed by atoms with Gasteiger partial charge in [0, 0.05) is 43.1 Å². The van der Waals surface area contributed by atoms with Crippen molar-refractivity contribution >= 4 is 39.1 Å². The highest BCUT2D eigenvalue weighted by Gasteiger charge is 2.31. The van der Waals surface area contributed by atoms with Crippen molar-refractivity contribution in [2.24, 2.45) is 0 Å². The first-order valence-corrected chi connectivity index (χ1v) is 9.11. The van der Waals surface area contributed by atoms with E-state index >= 15 is 0 Å².